The van der Waals surface area contributed by atoms with Gasteiger partial charge in [-0.25, -0.2) is 4.98 Å². The molecule has 1 aromatic heterocycles. The van der Waals surface area contributed by atoms with Crippen LogP contribution in [0.5, 0.6) is 11.5 Å². The van der Waals surface area contributed by atoms with Gasteiger partial charge < -0.3 is 14.3 Å². The Hall–Kier alpha value is -3.60. The number of aliphatic imine (C=N–C) groups is 1. The van der Waals surface area contributed by atoms with Crippen LogP contribution in [0.25, 0.3) is 22.6 Å². The third-order valence-electron chi connectivity index (χ3n) is 4.58. The first-order chi connectivity index (χ1) is 13.7. The van der Waals surface area contributed by atoms with Crippen LogP contribution in [0.3, 0.4) is 0 Å². The zero-order valence-corrected chi connectivity index (χ0v) is 15.7. The van der Waals surface area contributed by atoms with Crippen molar-refractivity contribution < 1.29 is 14.3 Å². The fraction of sp³-hybridized carbons (Fsp3) is 0.130. The summed E-state index contributed by atoms with van der Waals surface area (Å²) >= 11 is 0. The van der Waals surface area contributed by atoms with Crippen molar-refractivity contribution in [1.82, 2.24) is 4.98 Å². The lowest BCUT2D eigenvalue weighted by atomic mass is 10.1. The lowest BCUT2D eigenvalue weighted by Gasteiger charge is -2.04. The van der Waals surface area contributed by atoms with Crippen LogP contribution in [0.4, 0.5) is 5.69 Å². The third kappa shape index (κ3) is 3.47. The lowest BCUT2D eigenvalue weighted by molar-refractivity contribution is 0.373. The van der Waals surface area contributed by atoms with Crippen LogP contribution in [-0.4, -0.2) is 23.4 Å². The molecule has 1 N–H and O–H groups in total. The van der Waals surface area contributed by atoms with E-state index in [1.165, 1.54) is 12.7 Å². The fourth-order valence-electron chi connectivity index (χ4n) is 2.95. The second-order valence-electron chi connectivity index (χ2n) is 6.38. The second kappa shape index (κ2) is 7.56. The first kappa shape index (κ1) is 17.8. The molecule has 0 spiro atoms. The molecule has 0 saturated carbocycles. The Bertz CT molecular complexity index is 1140. The summed E-state index contributed by atoms with van der Waals surface area (Å²) in [4.78, 5) is 9.00. The van der Waals surface area contributed by atoms with Crippen LogP contribution in [0.2, 0.25) is 0 Å². The van der Waals surface area contributed by atoms with Gasteiger partial charge in [0.1, 0.15) is 5.52 Å². The van der Waals surface area contributed by atoms with Crippen molar-refractivity contribution in [3.05, 3.63) is 71.8 Å². The molecule has 5 nitrogen and oxygen atoms in total. The Balaban J connectivity index is 1.63. The van der Waals surface area contributed by atoms with Crippen molar-refractivity contribution in [1.29, 1.82) is 0 Å². The summed E-state index contributed by atoms with van der Waals surface area (Å²) in [6, 6.07) is 19.1. The minimum atomic E-state index is 0.0623. The molecule has 1 heterocycles. The Morgan fingerprint density at radius 1 is 1.11 bits per heavy atom. The number of fused-ring (bicyclic) bond motifs is 1. The Morgan fingerprint density at radius 3 is 2.68 bits per heavy atom. The number of rotatable bonds is 5. The van der Waals surface area contributed by atoms with Crippen molar-refractivity contribution in [2.45, 2.75) is 13.3 Å². The molecule has 4 aromatic rings. The van der Waals surface area contributed by atoms with Crippen molar-refractivity contribution in [2.24, 2.45) is 4.99 Å². The average molecular weight is 372 g/mol. The van der Waals surface area contributed by atoms with E-state index in [1.807, 2.05) is 30.3 Å². The Labute approximate surface area is 163 Å². The second-order valence-corrected chi connectivity index (χ2v) is 6.38. The number of benzene rings is 3. The number of aromatic hydroxyl groups is 1. The first-order valence-corrected chi connectivity index (χ1v) is 9.08. The highest BCUT2D eigenvalue weighted by Crippen LogP contribution is 2.30. The molecule has 0 radical (unpaired) electrons. The fourth-order valence-corrected chi connectivity index (χ4v) is 2.95. The summed E-state index contributed by atoms with van der Waals surface area (Å²) < 4.78 is 11.0. The smallest absolute Gasteiger partial charge is 0.227 e. The number of oxazole rings is 1. The molecule has 0 saturated heterocycles. The SMILES string of the molecule is CCc1ccc(-c2nc3ccc(N=Cc4cccc(OC)c4O)cc3o2)cc1. The van der Waals surface area contributed by atoms with E-state index in [2.05, 4.69) is 29.0 Å². The van der Waals surface area contributed by atoms with Crippen LogP contribution in [-0.2, 0) is 6.42 Å². The van der Waals surface area contributed by atoms with E-state index in [9.17, 15) is 5.11 Å². The van der Waals surface area contributed by atoms with Crippen molar-refractivity contribution in [3.8, 4) is 23.0 Å². The molecule has 0 atom stereocenters. The molecule has 0 aliphatic carbocycles. The van der Waals surface area contributed by atoms with Gasteiger partial charge in [-0.3, -0.25) is 4.99 Å². The number of nitrogens with zero attached hydrogens (tertiary/aromatic N) is 2. The largest absolute Gasteiger partial charge is 0.504 e. The summed E-state index contributed by atoms with van der Waals surface area (Å²) in [6.07, 6.45) is 2.60. The van der Waals surface area contributed by atoms with E-state index in [-0.39, 0.29) is 5.75 Å². The minimum absolute atomic E-state index is 0.0623. The number of phenols is 1. The maximum absolute atomic E-state index is 10.2. The maximum Gasteiger partial charge on any atom is 0.227 e. The van der Waals surface area contributed by atoms with Gasteiger partial charge in [0.25, 0.3) is 0 Å². The molecule has 0 bridgehead atoms. The van der Waals surface area contributed by atoms with E-state index >= 15 is 0 Å². The molecule has 0 aliphatic rings. The van der Waals surface area contributed by atoms with Gasteiger partial charge in [0, 0.05) is 23.4 Å². The van der Waals surface area contributed by atoms with E-state index in [0.717, 1.165) is 17.5 Å². The van der Waals surface area contributed by atoms with Crippen LogP contribution in [0.15, 0.2) is 70.1 Å². The lowest BCUT2D eigenvalue weighted by Crippen LogP contribution is -1.88. The molecule has 4 rings (SSSR count). The number of para-hydroxylation sites is 1. The highest BCUT2D eigenvalue weighted by atomic mass is 16.5. The highest BCUT2D eigenvalue weighted by Gasteiger charge is 2.09. The topological polar surface area (TPSA) is 67.9 Å². The van der Waals surface area contributed by atoms with Crippen LogP contribution in [0.1, 0.15) is 18.1 Å². The van der Waals surface area contributed by atoms with Gasteiger partial charge in [0.05, 0.1) is 12.8 Å². The van der Waals surface area contributed by atoms with Gasteiger partial charge in [-0.05, 0) is 48.4 Å². The molecule has 0 aliphatic heterocycles. The number of hydrogen-bond acceptors (Lipinski definition) is 5. The molecule has 0 amide bonds. The molecule has 3 aromatic carbocycles. The zero-order valence-electron chi connectivity index (χ0n) is 15.7. The molecular formula is C23H20N2O3. The quantitative estimate of drug-likeness (QED) is 0.468. The van der Waals surface area contributed by atoms with Gasteiger partial charge >= 0.3 is 0 Å². The number of hydrogen-bond donors (Lipinski definition) is 1. The van der Waals surface area contributed by atoms with Gasteiger partial charge in [-0.2, -0.15) is 0 Å². The molecule has 0 unspecified atom stereocenters. The zero-order chi connectivity index (χ0) is 19.5. The molecule has 28 heavy (non-hydrogen) atoms. The third-order valence-corrected chi connectivity index (χ3v) is 4.58. The van der Waals surface area contributed by atoms with E-state index in [0.29, 0.717) is 28.5 Å². The molecule has 0 fully saturated rings. The van der Waals surface area contributed by atoms with Crippen molar-refractivity contribution in [2.75, 3.05) is 7.11 Å². The van der Waals surface area contributed by atoms with Gasteiger partial charge in [-0.15, -0.1) is 0 Å². The predicted molar refractivity (Wildman–Crippen MR) is 111 cm³/mol. The summed E-state index contributed by atoms with van der Waals surface area (Å²) in [6.45, 7) is 2.13. The number of methoxy groups -OCH3 is 1. The highest BCUT2D eigenvalue weighted by molar-refractivity contribution is 5.88. The average Bonchev–Trinajstić information content (AvgIpc) is 3.16. The van der Waals surface area contributed by atoms with Crippen LogP contribution < -0.4 is 4.74 Å². The summed E-state index contributed by atoms with van der Waals surface area (Å²) in [5.41, 5.74) is 4.95. The van der Waals surface area contributed by atoms with E-state index in [4.69, 9.17) is 9.15 Å². The van der Waals surface area contributed by atoms with E-state index in [1.54, 1.807) is 24.4 Å². The minimum Gasteiger partial charge on any atom is -0.504 e. The van der Waals surface area contributed by atoms with Gasteiger partial charge in [0.15, 0.2) is 17.1 Å². The standard InChI is InChI=1S/C23H20N2O3/c1-3-15-7-9-16(10-8-15)23-25-19-12-11-18(13-21(19)28-23)24-14-17-5-4-6-20(27-2)22(17)26/h4-14,26H,3H2,1-2H3. The van der Waals surface area contributed by atoms with Crippen LogP contribution >= 0.6 is 0 Å². The number of aromatic nitrogens is 1. The molecular weight excluding hydrogens is 352 g/mol. The Morgan fingerprint density at radius 2 is 1.93 bits per heavy atom. The Kier molecular flexibility index (Phi) is 4.81. The monoisotopic (exact) mass is 372 g/mol. The predicted octanol–water partition coefficient (Wildman–Crippen LogP) is 5.52. The molecule has 140 valence electrons. The number of aryl methyl sites for hydroxylation is 1. The normalized spacial score (nSPS) is 11.4. The number of phenolic OH excluding ortho intramolecular Hbond substituents is 1. The van der Waals surface area contributed by atoms with Gasteiger partial charge in [-0.1, -0.05) is 25.1 Å². The maximum atomic E-state index is 10.2. The van der Waals surface area contributed by atoms with Crippen molar-refractivity contribution in [3.63, 3.8) is 0 Å². The summed E-state index contributed by atoms with van der Waals surface area (Å²) in [5, 5.41) is 10.2. The number of ether oxygens (including phenoxy) is 1. The molecule has 5 heteroatoms. The van der Waals surface area contributed by atoms with E-state index < -0.39 is 0 Å². The van der Waals surface area contributed by atoms with Crippen LogP contribution in [0, 0.1) is 0 Å². The van der Waals surface area contributed by atoms with Gasteiger partial charge in [0.2, 0.25) is 5.89 Å². The summed E-state index contributed by atoms with van der Waals surface area (Å²) in [7, 11) is 1.52. The first-order valence-electron chi connectivity index (χ1n) is 9.08. The summed E-state index contributed by atoms with van der Waals surface area (Å²) in [5.74, 6) is 1.06. The van der Waals surface area contributed by atoms with Crippen molar-refractivity contribution >= 4 is 23.0 Å².